The van der Waals surface area contributed by atoms with E-state index in [0.717, 1.165) is 18.7 Å². The highest BCUT2D eigenvalue weighted by Crippen LogP contribution is 2.17. The van der Waals surface area contributed by atoms with Crippen LogP contribution in [0.4, 0.5) is 5.69 Å². The summed E-state index contributed by atoms with van der Waals surface area (Å²) in [6, 6.07) is 7.97. The fraction of sp³-hybridized carbons (Fsp3) is 0.462. The van der Waals surface area contributed by atoms with Crippen molar-refractivity contribution in [2.45, 2.75) is 19.4 Å². The van der Waals surface area contributed by atoms with Crippen molar-refractivity contribution in [3.05, 3.63) is 29.8 Å². The lowest BCUT2D eigenvalue weighted by molar-refractivity contribution is 0.189. The van der Waals surface area contributed by atoms with Crippen molar-refractivity contribution in [3.63, 3.8) is 0 Å². The molecular weight excluding hydrogens is 230 g/mol. The molecular formula is C13H21N3O2. The van der Waals surface area contributed by atoms with Crippen LogP contribution in [-0.4, -0.2) is 37.8 Å². The Balaban J connectivity index is 2.72. The van der Waals surface area contributed by atoms with Gasteiger partial charge in [0.1, 0.15) is 0 Å². The maximum Gasteiger partial charge on any atom is 0.170 e. The average Bonchev–Trinajstić information content (AvgIpc) is 2.43. The van der Waals surface area contributed by atoms with Crippen LogP contribution >= 0.6 is 0 Å². The van der Waals surface area contributed by atoms with Crippen molar-refractivity contribution >= 4 is 11.5 Å². The van der Waals surface area contributed by atoms with E-state index in [4.69, 9.17) is 15.7 Å². The minimum absolute atomic E-state index is 0.122. The lowest BCUT2D eigenvalue weighted by Crippen LogP contribution is -2.29. The summed E-state index contributed by atoms with van der Waals surface area (Å²) >= 11 is 0. The van der Waals surface area contributed by atoms with Gasteiger partial charge in [-0.15, -0.1) is 0 Å². The van der Waals surface area contributed by atoms with E-state index in [9.17, 15) is 0 Å². The first-order chi connectivity index (χ1) is 8.60. The molecule has 0 saturated heterocycles. The van der Waals surface area contributed by atoms with Gasteiger partial charge in [-0.3, -0.25) is 0 Å². The van der Waals surface area contributed by atoms with Crippen molar-refractivity contribution < 1.29 is 9.94 Å². The predicted molar refractivity (Wildman–Crippen MR) is 73.3 cm³/mol. The van der Waals surface area contributed by atoms with Crippen LogP contribution in [0.1, 0.15) is 18.9 Å². The number of methoxy groups -OCH3 is 1. The zero-order valence-corrected chi connectivity index (χ0v) is 11.1. The number of anilines is 1. The largest absolute Gasteiger partial charge is 0.409 e. The van der Waals surface area contributed by atoms with Crippen molar-refractivity contribution in [2.24, 2.45) is 10.9 Å². The molecule has 1 atom stereocenters. The molecule has 5 heteroatoms. The van der Waals surface area contributed by atoms with E-state index in [0.29, 0.717) is 11.6 Å². The third kappa shape index (κ3) is 3.63. The van der Waals surface area contributed by atoms with Crippen LogP contribution in [-0.2, 0) is 4.74 Å². The number of nitrogens with zero attached hydrogens (tertiary/aromatic N) is 2. The van der Waals surface area contributed by atoms with Gasteiger partial charge >= 0.3 is 0 Å². The van der Waals surface area contributed by atoms with Crippen LogP contribution in [0.3, 0.4) is 0 Å². The summed E-state index contributed by atoms with van der Waals surface area (Å²) in [5.41, 5.74) is 7.31. The summed E-state index contributed by atoms with van der Waals surface area (Å²) in [6.07, 6.45) is 0.967. The molecule has 18 heavy (non-hydrogen) atoms. The second-order valence-corrected chi connectivity index (χ2v) is 4.27. The molecule has 0 aromatic heterocycles. The average molecular weight is 251 g/mol. The monoisotopic (exact) mass is 251 g/mol. The van der Waals surface area contributed by atoms with Gasteiger partial charge in [0.25, 0.3) is 0 Å². The molecule has 5 nitrogen and oxygen atoms in total. The molecule has 1 aromatic carbocycles. The quantitative estimate of drug-likeness (QED) is 0.349. The maximum atomic E-state index is 8.59. The van der Waals surface area contributed by atoms with Crippen LogP contribution < -0.4 is 10.6 Å². The Labute approximate surface area is 108 Å². The molecule has 1 rings (SSSR count). The Hall–Kier alpha value is -1.75. The molecule has 0 amide bonds. The van der Waals surface area contributed by atoms with Crippen LogP contribution in [0.5, 0.6) is 0 Å². The van der Waals surface area contributed by atoms with Gasteiger partial charge in [0, 0.05) is 38.1 Å². The number of ether oxygens (including phenoxy) is 1. The van der Waals surface area contributed by atoms with E-state index in [-0.39, 0.29) is 5.84 Å². The molecule has 0 aliphatic rings. The molecule has 0 heterocycles. The number of nitrogens with two attached hydrogens (primary N) is 1. The molecule has 1 unspecified atom stereocenters. The van der Waals surface area contributed by atoms with Crippen molar-refractivity contribution in [1.29, 1.82) is 0 Å². The van der Waals surface area contributed by atoms with Crippen LogP contribution in [0, 0.1) is 0 Å². The van der Waals surface area contributed by atoms with E-state index in [1.165, 1.54) is 0 Å². The molecule has 3 N–H and O–H groups in total. The van der Waals surface area contributed by atoms with Gasteiger partial charge in [-0.05, 0) is 37.6 Å². The highest BCUT2D eigenvalue weighted by Gasteiger charge is 2.10. The molecule has 0 aliphatic carbocycles. The Morgan fingerprint density at radius 2 is 2.06 bits per heavy atom. The van der Waals surface area contributed by atoms with Gasteiger partial charge < -0.3 is 20.6 Å². The SMILES string of the molecule is COCCC(C)N(C)c1ccc(/C(N)=N/O)cc1. The Morgan fingerprint density at radius 3 is 2.56 bits per heavy atom. The first kappa shape index (κ1) is 14.3. The lowest BCUT2D eigenvalue weighted by atomic mass is 10.1. The topological polar surface area (TPSA) is 71.1 Å². The molecule has 0 saturated carbocycles. The van der Waals surface area contributed by atoms with Crippen molar-refractivity contribution in [3.8, 4) is 0 Å². The number of oxime groups is 1. The molecule has 0 spiro atoms. The number of benzene rings is 1. The number of hydrogen-bond donors (Lipinski definition) is 2. The summed E-state index contributed by atoms with van der Waals surface area (Å²) in [5, 5.41) is 11.6. The molecule has 0 bridgehead atoms. The second-order valence-electron chi connectivity index (χ2n) is 4.27. The van der Waals surface area contributed by atoms with E-state index in [2.05, 4.69) is 17.0 Å². The minimum Gasteiger partial charge on any atom is -0.409 e. The molecule has 0 aliphatic heterocycles. The lowest BCUT2D eigenvalue weighted by Gasteiger charge is -2.27. The van der Waals surface area contributed by atoms with Gasteiger partial charge in [-0.2, -0.15) is 0 Å². The summed E-state index contributed by atoms with van der Waals surface area (Å²) in [6.45, 7) is 2.89. The van der Waals surface area contributed by atoms with Crippen molar-refractivity contribution in [2.75, 3.05) is 25.7 Å². The molecule has 1 aromatic rings. The predicted octanol–water partition coefficient (Wildman–Crippen LogP) is 1.64. The Bertz CT molecular complexity index is 390. The number of rotatable bonds is 6. The van der Waals surface area contributed by atoms with Gasteiger partial charge in [-0.25, -0.2) is 0 Å². The highest BCUT2D eigenvalue weighted by atomic mass is 16.5. The summed E-state index contributed by atoms with van der Waals surface area (Å²) < 4.78 is 5.08. The van der Waals surface area contributed by atoms with Gasteiger partial charge in [0.2, 0.25) is 0 Å². The second kappa shape index (κ2) is 6.86. The zero-order chi connectivity index (χ0) is 13.5. The summed E-state index contributed by atoms with van der Waals surface area (Å²) in [7, 11) is 3.75. The standard InChI is InChI=1S/C13H21N3O2/c1-10(8-9-18-3)16(2)12-6-4-11(5-7-12)13(14)15-17/h4-7,10,17H,8-9H2,1-3H3,(H2,14,15). The highest BCUT2D eigenvalue weighted by molar-refractivity contribution is 5.97. The normalized spacial score (nSPS) is 13.4. The van der Waals surface area contributed by atoms with E-state index in [1.54, 1.807) is 7.11 Å². The summed E-state index contributed by atoms with van der Waals surface area (Å²) in [5.74, 6) is 0.122. The van der Waals surface area contributed by atoms with Gasteiger partial charge in [0.05, 0.1) is 0 Å². The smallest absolute Gasteiger partial charge is 0.170 e. The first-order valence-corrected chi connectivity index (χ1v) is 5.90. The Morgan fingerprint density at radius 1 is 1.44 bits per heavy atom. The Kier molecular flexibility index (Phi) is 5.45. The van der Waals surface area contributed by atoms with Crippen molar-refractivity contribution in [1.82, 2.24) is 0 Å². The molecule has 0 radical (unpaired) electrons. The van der Waals surface area contributed by atoms with Crippen LogP contribution in [0.15, 0.2) is 29.4 Å². The third-order valence-corrected chi connectivity index (χ3v) is 3.08. The molecule has 100 valence electrons. The van der Waals surface area contributed by atoms with Gasteiger partial charge in [0.15, 0.2) is 5.84 Å². The van der Waals surface area contributed by atoms with Crippen LogP contribution in [0.2, 0.25) is 0 Å². The fourth-order valence-electron chi connectivity index (χ4n) is 1.66. The third-order valence-electron chi connectivity index (χ3n) is 3.08. The molecule has 0 fully saturated rings. The summed E-state index contributed by atoms with van der Waals surface area (Å²) in [4.78, 5) is 2.18. The maximum absolute atomic E-state index is 8.59. The zero-order valence-electron chi connectivity index (χ0n) is 11.1. The first-order valence-electron chi connectivity index (χ1n) is 5.90. The van der Waals surface area contributed by atoms with E-state index < -0.39 is 0 Å². The van der Waals surface area contributed by atoms with Crippen LogP contribution in [0.25, 0.3) is 0 Å². The minimum atomic E-state index is 0.122. The number of hydrogen-bond acceptors (Lipinski definition) is 4. The van der Waals surface area contributed by atoms with E-state index >= 15 is 0 Å². The van der Waals surface area contributed by atoms with E-state index in [1.807, 2.05) is 31.3 Å². The van der Waals surface area contributed by atoms with Gasteiger partial charge in [-0.1, -0.05) is 5.16 Å². The fourth-order valence-corrected chi connectivity index (χ4v) is 1.66. The number of amidine groups is 1.